The van der Waals surface area contributed by atoms with Crippen molar-refractivity contribution in [2.24, 2.45) is 4.99 Å². The summed E-state index contributed by atoms with van der Waals surface area (Å²) in [4.78, 5) is 6.77. The Morgan fingerprint density at radius 3 is 1.67 bits per heavy atom. The van der Waals surface area contributed by atoms with Gasteiger partial charge in [-0.2, -0.15) is 0 Å². The summed E-state index contributed by atoms with van der Waals surface area (Å²) in [6, 6.07) is 0. The molecule has 3 nitrogen and oxygen atoms in total. The molecule has 1 aliphatic heterocycles. The average molecular weight is 446 g/mol. The summed E-state index contributed by atoms with van der Waals surface area (Å²) in [5, 5.41) is 9.80. The highest BCUT2D eigenvalue weighted by Gasteiger charge is 2.25. The van der Waals surface area contributed by atoms with Crippen molar-refractivity contribution in [1.82, 2.24) is 4.90 Å². The highest BCUT2D eigenvalue weighted by Crippen LogP contribution is 2.20. The second-order valence-corrected chi connectivity index (χ2v) is 9.37. The Kier molecular flexibility index (Phi) is 15.5. The monoisotopic (exact) mass is 444 g/mol. The number of halogens is 1. The molecule has 0 saturated carbocycles. The summed E-state index contributed by atoms with van der Waals surface area (Å²) in [6.45, 7) is 4.91. The van der Waals surface area contributed by atoms with Crippen LogP contribution >= 0.6 is 15.9 Å². The van der Waals surface area contributed by atoms with Crippen molar-refractivity contribution in [1.29, 1.82) is 0 Å². The number of hydrogen-bond acceptors (Lipinski definition) is 3. The minimum atomic E-state index is -0.424. The van der Waals surface area contributed by atoms with E-state index in [4.69, 9.17) is 0 Å². The SMILES string of the molecule is CCCCCCCCCCCCCCCCCCC1=NC(Br)CN1C(C)O. The lowest BCUT2D eigenvalue weighted by molar-refractivity contribution is 0.0758. The molecule has 0 amide bonds. The normalized spacial score (nSPS) is 18.1. The zero-order valence-electron chi connectivity index (χ0n) is 18.1. The van der Waals surface area contributed by atoms with Gasteiger partial charge < -0.3 is 10.0 Å². The molecule has 0 aromatic heterocycles. The van der Waals surface area contributed by atoms with E-state index in [1.54, 1.807) is 0 Å². The second-order valence-electron chi connectivity index (χ2n) is 8.32. The van der Waals surface area contributed by atoms with Crippen LogP contribution in [0.4, 0.5) is 0 Å². The first kappa shape index (κ1) is 24.9. The standard InChI is InChI=1S/C23H45BrN2O/c1-3-4-5-6-7-8-9-10-11-12-13-14-15-16-17-18-19-23-25-22(24)20-26(23)21(2)27/h21-22,27H,3-20H2,1-2H3. The first-order valence-electron chi connectivity index (χ1n) is 11.8. The smallest absolute Gasteiger partial charge is 0.125 e. The molecule has 1 N–H and O–H groups in total. The van der Waals surface area contributed by atoms with Gasteiger partial charge in [-0.15, -0.1) is 0 Å². The van der Waals surface area contributed by atoms with E-state index >= 15 is 0 Å². The van der Waals surface area contributed by atoms with Crippen LogP contribution in [0.15, 0.2) is 4.99 Å². The van der Waals surface area contributed by atoms with Crippen LogP contribution in [0.25, 0.3) is 0 Å². The van der Waals surface area contributed by atoms with Crippen LogP contribution in [0, 0.1) is 0 Å². The summed E-state index contributed by atoms with van der Waals surface area (Å²) in [5.41, 5.74) is 0. The molecule has 27 heavy (non-hydrogen) atoms. The molecule has 0 bridgehead atoms. The maximum Gasteiger partial charge on any atom is 0.125 e. The third-order valence-electron chi connectivity index (χ3n) is 5.67. The Bertz CT molecular complexity index is 373. The molecule has 160 valence electrons. The van der Waals surface area contributed by atoms with E-state index in [1.165, 1.54) is 103 Å². The summed E-state index contributed by atoms with van der Waals surface area (Å²) in [5.74, 6) is 1.08. The van der Waals surface area contributed by atoms with Gasteiger partial charge in [0, 0.05) is 6.42 Å². The maximum atomic E-state index is 9.80. The molecule has 0 aliphatic carbocycles. The minimum absolute atomic E-state index is 0.156. The van der Waals surface area contributed by atoms with Crippen molar-refractivity contribution < 1.29 is 5.11 Å². The van der Waals surface area contributed by atoms with E-state index in [-0.39, 0.29) is 4.95 Å². The molecule has 0 saturated heterocycles. The van der Waals surface area contributed by atoms with Crippen molar-refractivity contribution in [3.05, 3.63) is 0 Å². The number of unbranched alkanes of at least 4 members (excludes halogenated alkanes) is 15. The highest BCUT2D eigenvalue weighted by atomic mass is 79.9. The van der Waals surface area contributed by atoms with Crippen LogP contribution < -0.4 is 0 Å². The van der Waals surface area contributed by atoms with E-state index in [2.05, 4.69) is 27.8 Å². The van der Waals surface area contributed by atoms with Crippen LogP contribution in [0.3, 0.4) is 0 Å². The molecule has 0 radical (unpaired) electrons. The van der Waals surface area contributed by atoms with Gasteiger partial charge in [0.05, 0.1) is 6.54 Å². The molecular weight excluding hydrogens is 400 g/mol. The number of rotatable bonds is 18. The van der Waals surface area contributed by atoms with Gasteiger partial charge in [-0.25, -0.2) is 0 Å². The fraction of sp³-hybridized carbons (Fsp3) is 0.957. The first-order chi connectivity index (χ1) is 13.1. The lowest BCUT2D eigenvalue weighted by Gasteiger charge is -2.23. The van der Waals surface area contributed by atoms with Gasteiger partial charge in [0.2, 0.25) is 0 Å². The van der Waals surface area contributed by atoms with Gasteiger partial charge in [-0.3, -0.25) is 4.99 Å². The summed E-state index contributed by atoms with van der Waals surface area (Å²) in [6.07, 6.45) is 23.0. The molecule has 4 heteroatoms. The topological polar surface area (TPSA) is 35.8 Å². The van der Waals surface area contributed by atoms with Gasteiger partial charge >= 0.3 is 0 Å². The Labute approximate surface area is 177 Å². The molecule has 2 unspecified atom stereocenters. The fourth-order valence-corrected chi connectivity index (χ4v) is 4.50. The summed E-state index contributed by atoms with van der Waals surface area (Å²) < 4.78 is 0. The molecule has 1 heterocycles. The Hall–Kier alpha value is -0.0900. The Balaban J connectivity index is 1.81. The van der Waals surface area contributed by atoms with Crippen LogP contribution in [0.1, 0.15) is 123 Å². The Morgan fingerprint density at radius 1 is 0.852 bits per heavy atom. The van der Waals surface area contributed by atoms with Gasteiger partial charge in [0.25, 0.3) is 0 Å². The molecule has 0 aromatic rings. The van der Waals surface area contributed by atoms with Crippen LogP contribution in [-0.2, 0) is 0 Å². The lowest BCUT2D eigenvalue weighted by atomic mass is 10.0. The van der Waals surface area contributed by atoms with Crippen molar-refractivity contribution >= 4 is 21.8 Å². The average Bonchev–Trinajstić information content (AvgIpc) is 3.02. The quantitative estimate of drug-likeness (QED) is 0.135. The van der Waals surface area contributed by atoms with E-state index in [1.807, 2.05) is 11.8 Å². The molecular formula is C23H45BrN2O. The number of alkyl halides is 1. The minimum Gasteiger partial charge on any atom is -0.374 e. The van der Waals surface area contributed by atoms with Crippen molar-refractivity contribution in [2.75, 3.05) is 6.54 Å². The molecule has 0 spiro atoms. The highest BCUT2D eigenvalue weighted by molar-refractivity contribution is 9.09. The number of aliphatic hydroxyl groups is 1. The molecule has 0 aromatic carbocycles. The molecule has 1 rings (SSSR count). The van der Waals surface area contributed by atoms with Crippen LogP contribution in [-0.4, -0.2) is 33.6 Å². The van der Waals surface area contributed by atoms with Crippen LogP contribution in [0.5, 0.6) is 0 Å². The number of hydrogen-bond donors (Lipinski definition) is 1. The predicted octanol–water partition coefficient (Wildman–Crippen LogP) is 7.41. The number of aliphatic hydroxyl groups excluding tert-OH is 1. The fourth-order valence-electron chi connectivity index (χ4n) is 3.95. The van der Waals surface area contributed by atoms with Gasteiger partial charge in [0.15, 0.2) is 0 Å². The number of nitrogens with zero attached hydrogens (tertiary/aromatic N) is 2. The van der Waals surface area contributed by atoms with E-state index in [0.29, 0.717) is 0 Å². The molecule has 2 atom stereocenters. The van der Waals surface area contributed by atoms with Gasteiger partial charge in [0.1, 0.15) is 17.0 Å². The van der Waals surface area contributed by atoms with E-state index in [0.717, 1.165) is 18.8 Å². The van der Waals surface area contributed by atoms with Crippen molar-refractivity contribution in [3.8, 4) is 0 Å². The molecule has 1 aliphatic rings. The Morgan fingerprint density at radius 2 is 1.26 bits per heavy atom. The van der Waals surface area contributed by atoms with Gasteiger partial charge in [-0.1, -0.05) is 119 Å². The third-order valence-corrected chi connectivity index (χ3v) is 6.17. The van der Waals surface area contributed by atoms with E-state index < -0.39 is 6.23 Å². The van der Waals surface area contributed by atoms with Crippen LogP contribution in [0.2, 0.25) is 0 Å². The third kappa shape index (κ3) is 12.9. The van der Waals surface area contributed by atoms with Crippen molar-refractivity contribution in [2.45, 2.75) is 134 Å². The number of amidine groups is 1. The zero-order chi connectivity index (χ0) is 19.7. The maximum absolute atomic E-state index is 9.80. The lowest BCUT2D eigenvalue weighted by Crippen LogP contribution is -2.36. The second kappa shape index (κ2) is 16.8. The predicted molar refractivity (Wildman–Crippen MR) is 123 cm³/mol. The summed E-state index contributed by atoms with van der Waals surface area (Å²) in [7, 11) is 0. The van der Waals surface area contributed by atoms with Gasteiger partial charge in [-0.05, 0) is 13.3 Å². The zero-order valence-corrected chi connectivity index (χ0v) is 19.7. The van der Waals surface area contributed by atoms with E-state index in [9.17, 15) is 5.11 Å². The molecule has 0 fully saturated rings. The van der Waals surface area contributed by atoms with Crippen molar-refractivity contribution in [3.63, 3.8) is 0 Å². The number of aliphatic imine (C=N–C) groups is 1. The largest absolute Gasteiger partial charge is 0.374 e. The summed E-state index contributed by atoms with van der Waals surface area (Å²) >= 11 is 3.54. The first-order valence-corrected chi connectivity index (χ1v) is 12.7.